The summed E-state index contributed by atoms with van der Waals surface area (Å²) in [5.41, 5.74) is 1.72. The maximum atomic E-state index is 13.0. The number of hydrogen-bond donors (Lipinski definition) is 1. The number of hydrogen-bond acceptors (Lipinski definition) is 6. The number of fused-ring (bicyclic) bond motifs is 1. The van der Waals surface area contributed by atoms with Gasteiger partial charge in [-0.1, -0.05) is 12.1 Å². The normalized spacial score (nSPS) is 22.8. The number of carboxylic acids is 1. The minimum absolute atomic E-state index is 0.0263. The topological polar surface area (TPSA) is 95.9 Å². The number of methoxy groups -OCH3 is 1. The van der Waals surface area contributed by atoms with Gasteiger partial charge in [-0.2, -0.15) is 13.2 Å². The Kier molecular flexibility index (Phi) is 7.98. The van der Waals surface area contributed by atoms with E-state index in [0.29, 0.717) is 11.6 Å². The number of halogens is 3. The van der Waals surface area contributed by atoms with E-state index in [-0.39, 0.29) is 18.1 Å². The molecule has 8 nitrogen and oxygen atoms in total. The molecule has 2 aromatic heterocycles. The summed E-state index contributed by atoms with van der Waals surface area (Å²) in [7, 11) is 1.78. The van der Waals surface area contributed by atoms with E-state index in [1.165, 1.54) is 5.56 Å². The van der Waals surface area contributed by atoms with E-state index in [4.69, 9.17) is 14.6 Å². The summed E-state index contributed by atoms with van der Waals surface area (Å²) in [5, 5.41) is 7.12. The second-order valence-electron chi connectivity index (χ2n) is 7.87. The van der Waals surface area contributed by atoms with Crippen LogP contribution in [0.25, 0.3) is 0 Å². The van der Waals surface area contributed by atoms with Crippen molar-refractivity contribution in [2.75, 3.05) is 26.7 Å². The maximum Gasteiger partial charge on any atom is 0.490 e. The van der Waals surface area contributed by atoms with Gasteiger partial charge in [0.1, 0.15) is 5.69 Å². The smallest absolute Gasteiger partial charge is 0.475 e. The molecule has 0 spiro atoms. The van der Waals surface area contributed by atoms with Crippen LogP contribution in [0.3, 0.4) is 0 Å². The van der Waals surface area contributed by atoms with E-state index in [9.17, 15) is 18.0 Å². The minimum atomic E-state index is -5.08. The van der Waals surface area contributed by atoms with Crippen molar-refractivity contribution in [1.29, 1.82) is 0 Å². The highest BCUT2D eigenvalue weighted by molar-refractivity contribution is 5.92. The Balaban J connectivity index is 0.000000383. The molecule has 0 saturated carbocycles. The summed E-state index contributed by atoms with van der Waals surface area (Å²) >= 11 is 0. The van der Waals surface area contributed by atoms with Gasteiger partial charge in [-0.3, -0.25) is 19.7 Å². The van der Waals surface area contributed by atoms with Gasteiger partial charge >= 0.3 is 12.1 Å². The second kappa shape index (κ2) is 10.7. The summed E-state index contributed by atoms with van der Waals surface area (Å²) in [6.45, 7) is 3.36. The summed E-state index contributed by atoms with van der Waals surface area (Å²) in [5.74, 6) is -2.40. The second-order valence-corrected chi connectivity index (χ2v) is 7.87. The molecular formula is C22H25F3N4O4. The molecule has 3 atom stereocenters. The van der Waals surface area contributed by atoms with Crippen molar-refractivity contribution in [3.8, 4) is 0 Å². The molecule has 4 rings (SSSR count). The molecule has 178 valence electrons. The number of likely N-dealkylation sites (tertiary alicyclic amines) is 2. The summed E-state index contributed by atoms with van der Waals surface area (Å²) in [6, 6.07) is 9.72. The Labute approximate surface area is 189 Å². The van der Waals surface area contributed by atoms with Gasteiger partial charge in [0.2, 0.25) is 0 Å². The van der Waals surface area contributed by atoms with Gasteiger partial charge in [-0.25, -0.2) is 4.79 Å². The van der Waals surface area contributed by atoms with Crippen LogP contribution in [0.1, 0.15) is 22.5 Å². The molecule has 0 aliphatic carbocycles. The number of piperidine rings is 1. The van der Waals surface area contributed by atoms with Crippen LogP contribution in [-0.2, 0) is 16.1 Å². The number of pyridine rings is 2. The quantitative estimate of drug-likeness (QED) is 0.740. The van der Waals surface area contributed by atoms with E-state index in [1.807, 2.05) is 29.3 Å². The number of nitrogens with zero attached hydrogens (tertiary/aromatic N) is 4. The van der Waals surface area contributed by atoms with E-state index in [0.717, 1.165) is 32.6 Å². The zero-order chi connectivity index (χ0) is 24.0. The number of aliphatic carboxylic acids is 1. The molecule has 0 radical (unpaired) electrons. The van der Waals surface area contributed by atoms with Gasteiger partial charge in [0.05, 0.1) is 12.1 Å². The molecule has 0 bridgehead atoms. The molecule has 2 aliphatic rings. The number of carbonyl (C=O) groups is 2. The highest BCUT2D eigenvalue weighted by atomic mass is 19.4. The molecule has 1 N–H and O–H groups in total. The third-order valence-corrected chi connectivity index (χ3v) is 5.76. The van der Waals surface area contributed by atoms with E-state index in [1.54, 1.807) is 25.6 Å². The largest absolute Gasteiger partial charge is 0.490 e. The van der Waals surface area contributed by atoms with Crippen LogP contribution in [0.5, 0.6) is 0 Å². The zero-order valence-corrected chi connectivity index (χ0v) is 18.0. The molecular weight excluding hydrogens is 441 g/mol. The highest BCUT2D eigenvalue weighted by Gasteiger charge is 2.46. The lowest BCUT2D eigenvalue weighted by Crippen LogP contribution is -2.53. The Morgan fingerprint density at radius 3 is 2.52 bits per heavy atom. The summed E-state index contributed by atoms with van der Waals surface area (Å²) < 4.78 is 37.5. The lowest BCUT2D eigenvalue weighted by molar-refractivity contribution is -0.192. The molecule has 4 heterocycles. The number of rotatable bonds is 4. The van der Waals surface area contributed by atoms with Crippen molar-refractivity contribution >= 4 is 11.9 Å². The first-order valence-corrected chi connectivity index (χ1v) is 10.4. The molecule has 2 saturated heterocycles. The predicted octanol–water partition coefficient (Wildman–Crippen LogP) is 2.47. The minimum Gasteiger partial charge on any atom is -0.475 e. The molecule has 33 heavy (non-hydrogen) atoms. The monoisotopic (exact) mass is 466 g/mol. The number of aromatic nitrogens is 2. The fraction of sp³-hybridized carbons (Fsp3) is 0.455. The third kappa shape index (κ3) is 6.26. The molecule has 2 fully saturated rings. The molecule has 11 heteroatoms. The van der Waals surface area contributed by atoms with E-state index >= 15 is 0 Å². The summed E-state index contributed by atoms with van der Waals surface area (Å²) in [6.07, 6.45) is 1.37. The van der Waals surface area contributed by atoms with Crippen LogP contribution < -0.4 is 0 Å². The Bertz CT molecular complexity index is 930. The lowest BCUT2D eigenvalue weighted by Gasteiger charge is -2.40. The summed E-state index contributed by atoms with van der Waals surface area (Å²) in [4.78, 5) is 34.8. The van der Waals surface area contributed by atoms with Crippen molar-refractivity contribution in [2.45, 2.75) is 31.3 Å². The molecule has 0 unspecified atom stereocenters. The van der Waals surface area contributed by atoms with Crippen LogP contribution in [0.2, 0.25) is 0 Å². The van der Waals surface area contributed by atoms with E-state index < -0.39 is 12.1 Å². The Morgan fingerprint density at radius 1 is 1.18 bits per heavy atom. The zero-order valence-electron chi connectivity index (χ0n) is 18.0. The van der Waals surface area contributed by atoms with Crippen molar-refractivity contribution in [2.24, 2.45) is 5.92 Å². The van der Waals surface area contributed by atoms with Crippen LogP contribution in [0.4, 0.5) is 13.2 Å². The van der Waals surface area contributed by atoms with Gasteiger partial charge in [0.25, 0.3) is 5.91 Å². The highest BCUT2D eigenvalue weighted by Crippen LogP contribution is 2.33. The van der Waals surface area contributed by atoms with Crippen LogP contribution >= 0.6 is 0 Å². The first kappa shape index (κ1) is 24.6. The predicted molar refractivity (Wildman–Crippen MR) is 111 cm³/mol. The van der Waals surface area contributed by atoms with Crippen LogP contribution in [-0.4, -0.2) is 81.8 Å². The average Bonchev–Trinajstić information content (AvgIpc) is 3.22. The van der Waals surface area contributed by atoms with Crippen LogP contribution in [0.15, 0.2) is 48.9 Å². The SMILES string of the molecule is CO[C@H]1CCN(C(=O)c2ccccn2)[C@@H]2CN(Cc3cccnc3)C[C@H]12.O=C(O)C(F)(F)F. The number of amides is 1. The molecule has 1 amide bonds. The van der Waals surface area contributed by atoms with Crippen LogP contribution in [0, 0.1) is 5.92 Å². The van der Waals surface area contributed by atoms with Crippen molar-refractivity contribution in [3.63, 3.8) is 0 Å². The van der Waals surface area contributed by atoms with Gasteiger partial charge in [-0.05, 0) is 30.2 Å². The number of carboxylic acid groups (broad SMARTS) is 1. The Hall–Kier alpha value is -3.05. The number of ether oxygens (including phenoxy) is 1. The third-order valence-electron chi connectivity index (χ3n) is 5.76. The van der Waals surface area contributed by atoms with Crippen molar-refractivity contribution in [3.05, 3.63) is 60.2 Å². The maximum absolute atomic E-state index is 13.0. The van der Waals surface area contributed by atoms with Gasteiger partial charge < -0.3 is 14.7 Å². The number of carbonyl (C=O) groups excluding carboxylic acids is 1. The van der Waals surface area contributed by atoms with Crippen molar-refractivity contribution in [1.82, 2.24) is 19.8 Å². The van der Waals surface area contributed by atoms with E-state index in [2.05, 4.69) is 20.9 Å². The fourth-order valence-electron chi connectivity index (χ4n) is 4.30. The first-order chi connectivity index (χ1) is 15.7. The number of alkyl halides is 3. The molecule has 0 aromatic carbocycles. The average molecular weight is 466 g/mol. The first-order valence-electron chi connectivity index (χ1n) is 10.4. The van der Waals surface area contributed by atoms with Gasteiger partial charge in [0.15, 0.2) is 0 Å². The standard InChI is InChI=1S/C20H24N4O2.C2HF3O2/c1-26-19-7-10-24(20(25)17-6-2-3-9-22-17)18-14-23(13-16(18)19)12-15-5-4-8-21-11-15;3-2(4,5)1(6)7/h2-6,8-9,11,16,18-19H,7,10,12-14H2,1H3;(H,6,7)/t16-,18+,19-;/m0./s1. The van der Waals surface area contributed by atoms with Crippen molar-refractivity contribution < 1.29 is 32.6 Å². The molecule has 2 aliphatic heterocycles. The Morgan fingerprint density at radius 2 is 1.94 bits per heavy atom. The molecule has 2 aromatic rings. The van der Waals surface area contributed by atoms with Gasteiger partial charge in [0, 0.05) is 57.8 Å². The lowest BCUT2D eigenvalue weighted by atomic mass is 9.88. The van der Waals surface area contributed by atoms with Gasteiger partial charge in [-0.15, -0.1) is 0 Å². The fourth-order valence-corrected chi connectivity index (χ4v) is 4.30.